The molecule has 0 aliphatic carbocycles. The van der Waals surface area contributed by atoms with E-state index in [2.05, 4.69) is 23.6 Å². The van der Waals surface area contributed by atoms with E-state index in [0.717, 1.165) is 35.3 Å². The summed E-state index contributed by atoms with van der Waals surface area (Å²) in [6.07, 6.45) is 3.43. The van der Waals surface area contributed by atoms with Crippen molar-refractivity contribution in [3.63, 3.8) is 0 Å². The number of hydrogen-bond acceptors (Lipinski definition) is 2. The van der Waals surface area contributed by atoms with E-state index in [1.807, 2.05) is 56.3 Å². The lowest BCUT2D eigenvalue weighted by Crippen LogP contribution is -2.33. The molecule has 24 heavy (non-hydrogen) atoms. The predicted octanol–water partition coefficient (Wildman–Crippen LogP) is 4.76. The van der Waals surface area contributed by atoms with Gasteiger partial charge in [0, 0.05) is 5.69 Å². The number of benzene rings is 2. The lowest BCUT2D eigenvalue weighted by Gasteiger charge is -2.20. The van der Waals surface area contributed by atoms with Crippen LogP contribution >= 0.6 is 0 Å². The van der Waals surface area contributed by atoms with Gasteiger partial charge in [0.2, 0.25) is 5.91 Å². The summed E-state index contributed by atoms with van der Waals surface area (Å²) >= 11 is 0. The third-order valence-corrected chi connectivity index (χ3v) is 4.17. The number of carbonyl (C=O) groups is 1. The molecule has 0 unspecified atom stereocenters. The minimum absolute atomic E-state index is 0.00796. The topological polar surface area (TPSA) is 41.1 Å². The molecule has 0 saturated heterocycles. The predicted molar refractivity (Wildman–Crippen MR) is 101 cm³/mol. The van der Waals surface area contributed by atoms with Gasteiger partial charge in [-0.15, -0.1) is 0 Å². The zero-order valence-electron chi connectivity index (χ0n) is 14.9. The number of unbranched alkanes of at least 4 members (excludes halogenated alkanes) is 2. The van der Waals surface area contributed by atoms with Crippen LogP contribution in [-0.2, 0) is 4.79 Å². The van der Waals surface area contributed by atoms with Crippen LogP contribution in [-0.4, -0.2) is 12.5 Å². The summed E-state index contributed by atoms with van der Waals surface area (Å²) in [4.78, 5) is 12.9. The third-order valence-electron chi connectivity index (χ3n) is 4.17. The summed E-state index contributed by atoms with van der Waals surface area (Å²) in [5.74, 6) is -0.00796. The Labute approximate surface area is 145 Å². The smallest absolute Gasteiger partial charge is 0.246 e. The minimum Gasteiger partial charge on any atom is -0.324 e. The molecule has 0 radical (unpaired) electrons. The van der Waals surface area contributed by atoms with Gasteiger partial charge in [0.05, 0.1) is 0 Å². The molecule has 128 valence electrons. The van der Waals surface area contributed by atoms with Gasteiger partial charge >= 0.3 is 0 Å². The largest absolute Gasteiger partial charge is 0.324 e. The fourth-order valence-corrected chi connectivity index (χ4v) is 2.70. The Bertz CT molecular complexity index is 652. The first-order chi connectivity index (χ1) is 11.6. The third kappa shape index (κ3) is 5.20. The average molecular weight is 324 g/mol. The molecule has 0 spiro atoms. The van der Waals surface area contributed by atoms with Gasteiger partial charge in [-0.1, -0.05) is 62.2 Å². The van der Waals surface area contributed by atoms with Crippen LogP contribution in [0.5, 0.6) is 0 Å². The van der Waals surface area contributed by atoms with E-state index in [9.17, 15) is 4.79 Å². The molecular formula is C21H28N2O. The fraction of sp³-hybridized carbons (Fsp3) is 0.381. The van der Waals surface area contributed by atoms with Gasteiger partial charge < -0.3 is 10.6 Å². The molecule has 0 saturated carbocycles. The second-order valence-corrected chi connectivity index (χ2v) is 6.31. The molecule has 2 N–H and O–H groups in total. The number of rotatable bonds is 8. The van der Waals surface area contributed by atoms with Crippen molar-refractivity contribution in [1.29, 1.82) is 0 Å². The normalized spacial score (nSPS) is 12.0. The summed E-state index contributed by atoms with van der Waals surface area (Å²) in [6, 6.07) is 15.7. The zero-order chi connectivity index (χ0) is 17.4. The van der Waals surface area contributed by atoms with E-state index in [0.29, 0.717) is 0 Å². The molecular weight excluding hydrogens is 296 g/mol. The highest BCUT2D eigenvalue weighted by atomic mass is 16.2. The molecule has 0 aromatic heterocycles. The number of nitrogens with one attached hydrogen (secondary N) is 2. The molecule has 2 rings (SSSR count). The Morgan fingerprint density at radius 2 is 1.79 bits per heavy atom. The maximum atomic E-state index is 12.9. The van der Waals surface area contributed by atoms with Gasteiger partial charge in [-0.3, -0.25) is 4.79 Å². The van der Waals surface area contributed by atoms with Crippen molar-refractivity contribution < 1.29 is 4.79 Å². The number of hydrogen-bond donors (Lipinski definition) is 2. The number of carbonyl (C=O) groups excluding carboxylic acids is 1. The second kappa shape index (κ2) is 9.24. The van der Waals surface area contributed by atoms with Gasteiger partial charge in [0.25, 0.3) is 0 Å². The standard InChI is InChI=1S/C21H28N2O/c1-4-5-9-14-22-20(18-10-7-6-8-11-18)21(24)23-19-15-16(2)12-13-17(19)3/h6-8,10-13,15,20,22H,4-5,9,14H2,1-3H3,(H,23,24)/t20-/m1/s1. The van der Waals surface area contributed by atoms with Crippen LogP contribution in [0.15, 0.2) is 48.5 Å². The van der Waals surface area contributed by atoms with E-state index >= 15 is 0 Å². The van der Waals surface area contributed by atoms with E-state index in [-0.39, 0.29) is 11.9 Å². The van der Waals surface area contributed by atoms with E-state index in [1.54, 1.807) is 0 Å². The van der Waals surface area contributed by atoms with Crippen molar-refractivity contribution >= 4 is 11.6 Å². The molecule has 0 aliphatic heterocycles. The molecule has 0 bridgehead atoms. The molecule has 1 atom stereocenters. The highest BCUT2D eigenvalue weighted by molar-refractivity contribution is 5.96. The summed E-state index contributed by atoms with van der Waals surface area (Å²) in [5.41, 5.74) is 4.10. The molecule has 0 heterocycles. The molecule has 0 fully saturated rings. The van der Waals surface area contributed by atoms with E-state index in [1.165, 1.54) is 12.8 Å². The lowest BCUT2D eigenvalue weighted by atomic mass is 10.0. The molecule has 3 nitrogen and oxygen atoms in total. The summed E-state index contributed by atoms with van der Waals surface area (Å²) in [5, 5.41) is 6.50. The van der Waals surface area contributed by atoms with Crippen LogP contribution < -0.4 is 10.6 Å². The van der Waals surface area contributed by atoms with Crippen LogP contribution in [0.4, 0.5) is 5.69 Å². The van der Waals surface area contributed by atoms with Crippen LogP contribution in [0, 0.1) is 13.8 Å². The molecule has 2 aromatic rings. The number of anilines is 1. The Balaban J connectivity index is 2.13. The van der Waals surface area contributed by atoms with Crippen molar-refractivity contribution in [2.75, 3.05) is 11.9 Å². The van der Waals surface area contributed by atoms with Crippen LogP contribution in [0.25, 0.3) is 0 Å². The van der Waals surface area contributed by atoms with Crippen LogP contribution in [0.2, 0.25) is 0 Å². The lowest BCUT2D eigenvalue weighted by molar-refractivity contribution is -0.118. The van der Waals surface area contributed by atoms with Crippen LogP contribution in [0.3, 0.4) is 0 Å². The average Bonchev–Trinajstić information content (AvgIpc) is 2.59. The molecule has 1 amide bonds. The van der Waals surface area contributed by atoms with Crippen molar-refractivity contribution in [3.05, 3.63) is 65.2 Å². The van der Waals surface area contributed by atoms with Gasteiger partial charge in [-0.25, -0.2) is 0 Å². The maximum Gasteiger partial charge on any atom is 0.246 e. The first-order valence-corrected chi connectivity index (χ1v) is 8.78. The fourth-order valence-electron chi connectivity index (χ4n) is 2.70. The first kappa shape index (κ1) is 18.2. The van der Waals surface area contributed by atoms with Crippen molar-refractivity contribution in [1.82, 2.24) is 5.32 Å². The monoisotopic (exact) mass is 324 g/mol. The second-order valence-electron chi connectivity index (χ2n) is 6.31. The summed E-state index contributed by atoms with van der Waals surface area (Å²) in [6.45, 7) is 7.07. The van der Waals surface area contributed by atoms with Gasteiger partial charge in [-0.05, 0) is 49.6 Å². The summed E-state index contributed by atoms with van der Waals surface area (Å²) in [7, 11) is 0. The Kier molecular flexibility index (Phi) is 7.01. The number of aryl methyl sites for hydroxylation is 2. The Morgan fingerprint density at radius 3 is 2.50 bits per heavy atom. The van der Waals surface area contributed by atoms with Gasteiger partial charge in [-0.2, -0.15) is 0 Å². The van der Waals surface area contributed by atoms with Crippen molar-refractivity contribution in [3.8, 4) is 0 Å². The Morgan fingerprint density at radius 1 is 1.04 bits per heavy atom. The maximum absolute atomic E-state index is 12.9. The summed E-state index contributed by atoms with van der Waals surface area (Å²) < 4.78 is 0. The quantitative estimate of drug-likeness (QED) is 0.687. The number of amides is 1. The van der Waals surface area contributed by atoms with Crippen molar-refractivity contribution in [2.24, 2.45) is 0 Å². The van der Waals surface area contributed by atoms with Gasteiger partial charge in [0.1, 0.15) is 6.04 Å². The zero-order valence-corrected chi connectivity index (χ0v) is 14.9. The minimum atomic E-state index is -0.331. The molecule has 0 aliphatic rings. The van der Waals surface area contributed by atoms with E-state index in [4.69, 9.17) is 0 Å². The van der Waals surface area contributed by atoms with E-state index < -0.39 is 0 Å². The van der Waals surface area contributed by atoms with Gasteiger partial charge in [0.15, 0.2) is 0 Å². The molecule has 2 aromatic carbocycles. The SMILES string of the molecule is CCCCCN[C@@H](C(=O)Nc1cc(C)ccc1C)c1ccccc1. The Hall–Kier alpha value is -2.13. The highest BCUT2D eigenvalue weighted by Crippen LogP contribution is 2.20. The molecule has 3 heteroatoms. The first-order valence-electron chi connectivity index (χ1n) is 8.78. The van der Waals surface area contributed by atoms with Crippen LogP contribution in [0.1, 0.15) is 48.9 Å². The highest BCUT2D eigenvalue weighted by Gasteiger charge is 2.20. The van der Waals surface area contributed by atoms with Crippen molar-refractivity contribution in [2.45, 2.75) is 46.1 Å².